The molecular formula is C14H18N2O4. The number of nitro groups is 1. The van der Waals surface area contributed by atoms with Crippen molar-refractivity contribution in [3.05, 3.63) is 39.4 Å². The van der Waals surface area contributed by atoms with Crippen molar-refractivity contribution < 1.29 is 14.8 Å². The van der Waals surface area contributed by atoms with E-state index < -0.39 is 4.92 Å². The highest BCUT2D eigenvalue weighted by Gasteiger charge is 2.28. The highest BCUT2D eigenvalue weighted by atomic mass is 16.6. The fourth-order valence-corrected chi connectivity index (χ4v) is 2.49. The quantitative estimate of drug-likeness (QED) is 0.659. The van der Waals surface area contributed by atoms with Gasteiger partial charge in [0.15, 0.2) is 0 Å². The second kappa shape index (κ2) is 5.58. The number of piperidine rings is 1. The number of hydrogen-bond acceptors (Lipinski definition) is 4. The average Bonchev–Trinajstić information content (AvgIpc) is 2.40. The third-order valence-electron chi connectivity index (χ3n) is 3.67. The minimum Gasteiger partial charge on any atom is -0.393 e. The Hall–Kier alpha value is -1.95. The number of non-ortho nitro benzene ring substituents is 1. The van der Waals surface area contributed by atoms with E-state index in [1.165, 1.54) is 12.1 Å². The van der Waals surface area contributed by atoms with E-state index in [2.05, 4.69) is 0 Å². The largest absolute Gasteiger partial charge is 0.393 e. The Morgan fingerprint density at radius 2 is 2.15 bits per heavy atom. The van der Waals surface area contributed by atoms with Crippen LogP contribution in [0.3, 0.4) is 0 Å². The van der Waals surface area contributed by atoms with Crippen LogP contribution in [0.15, 0.2) is 18.2 Å². The number of nitro benzene ring substituents is 1. The van der Waals surface area contributed by atoms with E-state index in [1.807, 2.05) is 6.92 Å². The summed E-state index contributed by atoms with van der Waals surface area (Å²) in [6, 6.07) is 4.41. The van der Waals surface area contributed by atoms with E-state index >= 15 is 0 Å². The Labute approximate surface area is 117 Å². The summed E-state index contributed by atoms with van der Waals surface area (Å²) in [6.07, 6.45) is 0.159. The van der Waals surface area contributed by atoms with Gasteiger partial charge in [-0.1, -0.05) is 6.92 Å². The summed E-state index contributed by atoms with van der Waals surface area (Å²) in [7, 11) is 0. The van der Waals surface area contributed by atoms with Gasteiger partial charge in [0, 0.05) is 30.8 Å². The topological polar surface area (TPSA) is 83.7 Å². The van der Waals surface area contributed by atoms with Crippen molar-refractivity contribution in [1.29, 1.82) is 0 Å². The minimum atomic E-state index is -0.494. The molecule has 0 radical (unpaired) electrons. The first kappa shape index (κ1) is 14.5. The second-order valence-electron chi connectivity index (χ2n) is 5.40. The lowest BCUT2D eigenvalue weighted by Crippen LogP contribution is -2.45. The first-order valence-electron chi connectivity index (χ1n) is 6.62. The van der Waals surface area contributed by atoms with Gasteiger partial charge in [-0.2, -0.15) is 0 Å². The normalized spacial score (nSPS) is 22.6. The Kier molecular flexibility index (Phi) is 4.04. The monoisotopic (exact) mass is 278 g/mol. The fraction of sp³-hybridized carbons (Fsp3) is 0.500. The Bertz CT molecular complexity index is 544. The molecule has 6 nitrogen and oxygen atoms in total. The van der Waals surface area contributed by atoms with Gasteiger partial charge >= 0.3 is 0 Å². The number of benzene rings is 1. The van der Waals surface area contributed by atoms with Gasteiger partial charge in [0.05, 0.1) is 11.0 Å². The van der Waals surface area contributed by atoms with Crippen molar-refractivity contribution in [3.63, 3.8) is 0 Å². The second-order valence-corrected chi connectivity index (χ2v) is 5.40. The first-order valence-corrected chi connectivity index (χ1v) is 6.62. The molecule has 0 aromatic heterocycles. The summed E-state index contributed by atoms with van der Waals surface area (Å²) >= 11 is 0. The molecule has 0 bridgehead atoms. The predicted molar refractivity (Wildman–Crippen MR) is 73.5 cm³/mol. The number of likely N-dealkylation sites (tertiary alicyclic amines) is 1. The molecule has 2 atom stereocenters. The molecule has 108 valence electrons. The standard InChI is InChI=1S/C14H18N2O4/c1-9-5-11(7-12(6-9)16(19)20)14(18)15-4-3-13(17)10(2)8-15/h5-7,10,13,17H,3-4,8H2,1-2H3. The summed E-state index contributed by atoms with van der Waals surface area (Å²) in [5, 5.41) is 20.5. The van der Waals surface area contributed by atoms with E-state index in [0.717, 1.165) is 0 Å². The van der Waals surface area contributed by atoms with Gasteiger partial charge in [0.2, 0.25) is 0 Å². The molecule has 1 aliphatic heterocycles. The molecule has 1 aliphatic rings. The molecule has 1 saturated heterocycles. The molecule has 0 aliphatic carbocycles. The molecule has 2 rings (SSSR count). The lowest BCUT2D eigenvalue weighted by atomic mass is 9.96. The molecule has 1 N–H and O–H groups in total. The van der Waals surface area contributed by atoms with Crippen LogP contribution in [0.2, 0.25) is 0 Å². The number of aliphatic hydroxyl groups excluding tert-OH is 1. The fourth-order valence-electron chi connectivity index (χ4n) is 2.49. The van der Waals surface area contributed by atoms with E-state index in [1.54, 1.807) is 17.9 Å². The van der Waals surface area contributed by atoms with Gasteiger partial charge in [-0.3, -0.25) is 14.9 Å². The minimum absolute atomic E-state index is 0.0208. The highest BCUT2D eigenvalue weighted by Crippen LogP contribution is 2.22. The Morgan fingerprint density at radius 3 is 2.75 bits per heavy atom. The molecule has 0 spiro atoms. The van der Waals surface area contributed by atoms with Gasteiger partial charge in [-0.05, 0) is 30.9 Å². The summed E-state index contributed by atoms with van der Waals surface area (Å²) in [6.45, 7) is 4.57. The van der Waals surface area contributed by atoms with Gasteiger partial charge in [-0.25, -0.2) is 0 Å². The van der Waals surface area contributed by atoms with Crippen LogP contribution in [-0.4, -0.2) is 40.0 Å². The number of nitrogens with zero attached hydrogens (tertiary/aromatic N) is 2. The van der Waals surface area contributed by atoms with Crippen LogP contribution < -0.4 is 0 Å². The number of carbonyl (C=O) groups is 1. The van der Waals surface area contributed by atoms with Crippen LogP contribution in [-0.2, 0) is 0 Å². The van der Waals surface area contributed by atoms with E-state index in [4.69, 9.17) is 0 Å². The Morgan fingerprint density at radius 1 is 1.45 bits per heavy atom. The van der Waals surface area contributed by atoms with Crippen molar-refractivity contribution in [3.8, 4) is 0 Å². The molecule has 1 aromatic carbocycles. The zero-order valence-electron chi connectivity index (χ0n) is 11.6. The van der Waals surface area contributed by atoms with Crippen LogP contribution in [0.4, 0.5) is 5.69 Å². The smallest absolute Gasteiger partial charge is 0.270 e. The van der Waals surface area contributed by atoms with Gasteiger partial charge in [0.1, 0.15) is 0 Å². The van der Waals surface area contributed by atoms with Crippen molar-refractivity contribution in [2.45, 2.75) is 26.4 Å². The van der Waals surface area contributed by atoms with Crippen LogP contribution >= 0.6 is 0 Å². The number of amides is 1. The summed E-state index contributed by atoms with van der Waals surface area (Å²) < 4.78 is 0. The third-order valence-corrected chi connectivity index (χ3v) is 3.67. The SMILES string of the molecule is Cc1cc(C(=O)N2CCC(O)C(C)C2)cc([N+](=O)[O-])c1. The Balaban J connectivity index is 2.23. The summed E-state index contributed by atoms with van der Waals surface area (Å²) in [5.74, 6) is -0.192. The lowest BCUT2D eigenvalue weighted by Gasteiger charge is -2.34. The molecule has 0 saturated carbocycles. The molecular weight excluding hydrogens is 260 g/mol. The number of rotatable bonds is 2. The molecule has 6 heteroatoms. The van der Waals surface area contributed by atoms with E-state index in [9.17, 15) is 20.0 Å². The molecule has 2 unspecified atom stereocenters. The molecule has 1 aromatic rings. The van der Waals surface area contributed by atoms with Gasteiger partial charge in [0.25, 0.3) is 11.6 Å². The molecule has 1 amide bonds. The molecule has 1 heterocycles. The maximum atomic E-state index is 12.4. The maximum absolute atomic E-state index is 12.4. The predicted octanol–water partition coefficient (Wildman–Crippen LogP) is 1.75. The highest BCUT2D eigenvalue weighted by molar-refractivity contribution is 5.95. The number of hydrogen-bond donors (Lipinski definition) is 1. The van der Waals surface area contributed by atoms with Crippen LogP contribution in [0.25, 0.3) is 0 Å². The zero-order chi connectivity index (χ0) is 14.9. The van der Waals surface area contributed by atoms with E-state index in [0.29, 0.717) is 30.6 Å². The van der Waals surface area contributed by atoms with Crippen LogP contribution in [0.1, 0.15) is 29.3 Å². The summed E-state index contributed by atoms with van der Waals surface area (Å²) in [4.78, 5) is 24.4. The number of aliphatic hydroxyl groups is 1. The van der Waals surface area contributed by atoms with Crippen LogP contribution in [0, 0.1) is 23.0 Å². The lowest BCUT2D eigenvalue weighted by molar-refractivity contribution is -0.384. The van der Waals surface area contributed by atoms with Crippen molar-refractivity contribution in [2.75, 3.05) is 13.1 Å². The first-order chi connectivity index (χ1) is 9.38. The number of carbonyl (C=O) groups excluding carboxylic acids is 1. The third kappa shape index (κ3) is 2.96. The van der Waals surface area contributed by atoms with Crippen LogP contribution in [0.5, 0.6) is 0 Å². The van der Waals surface area contributed by atoms with Crippen molar-refractivity contribution in [2.24, 2.45) is 5.92 Å². The molecule has 1 fully saturated rings. The van der Waals surface area contributed by atoms with Gasteiger partial charge < -0.3 is 10.0 Å². The van der Waals surface area contributed by atoms with Crippen molar-refractivity contribution >= 4 is 11.6 Å². The van der Waals surface area contributed by atoms with Crippen molar-refractivity contribution in [1.82, 2.24) is 4.90 Å². The number of aryl methyl sites for hydroxylation is 1. The zero-order valence-corrected chi connectivity index (χ0v) is 11.6. The van der Waals surface area contributed by atoms with Gasteiger partial charge in [-0.15, -0.1) is 0 Å². The maximum Gasteiger partial charge on any atom is 0.270 e. The van der Waals surface area contributed by atoms with E-state index in [-0.39, 0.29) is 23.6 Å². The molecule has 20 heavy (non-hydrogen) atoms. The average molecular weight is 278 g/mol. The summed E-state index contributed by atoms with van der Waals surface area (Å²) in [5.41, 5.74) is 0.950.